The van der Waals surface area contributed by atoms with Crippen LogP contribution in [0.3, 0.4) is 0 Å². The maximum Gasteiger partial charge on any atom is 0.573 e. The molecule has 1 aliphatic carbocycles. The highest BCUT2D eigenvalue weighted by Crippen LogP contribution is 2.61. The van der Waals surface area contributed by atoms with Crippen LogP contribution in [0.5, 0.6) is 5.75 Å². The van der Waals surface area contributed by atoms with Crippen molar-refractivity contribution in [1.82, 2.24) is 0 Å². The van der Waals surface area contributed by atoms with E-state index in [1.807, 2.05) is 0 Å². The van der Waals surface area contributed by atoms with Crippen LogP contribution in [0.2, 0.25) is 0 Å². The van der Waals surface area contributed by atoms with E-state index in [4.69, 9.17) is 16.3 Å². The van der Waals surface area contributed by atoms with Crippen LogP contribution in [0.1, 0.15) is 19.4 Å². The monoisotopic (exact) mass is 484 g/mol. The summed E-state index contributed by atoms with van der Waals surface area (Å²) >= 11 is 5.14. The molecule has 0 N–H and O–H groups in total. The Morgan fingerprint density at radius 2 is 1.71 bits per heavy atom. The first-order chi connectivity index (χ1) is 13.9. The number of halogens is 10. The summed E-state index contributed by atoms with van der Waals surface area (Å²) in [5.41, 5.74) is -1.57. The van der Waals surface area contributed by atoms with E-state index in [0.29, 0.717) is 24.3 Å². The van der Waals surface area contributed by atoms with Crippen molar-refractivity contribution >= 4 is 17.6 Å². The molecule has 0 aliphatic heterocycles. The Bertz CT molecular complexity index is 875. The largest absolute Gasteiger partial charge is 0.573 e. The number of alkyl halides is 8. The van der Waals surface area contributed by atoms with Gasteiger partial charge in [0.1, 0.15) is 18.2 Å². The second-order valence-electron chi connectivity index (χ2n) is 7.32. The first-order valence-electron chi connectivity index (χ1n) is 8.41. The smallest absolute Gasteiger partial charge is 0.460 e. The minimum Gasteiger partial charge on any atom is -0.460 e. The van der Waals surface area contributed by atoms with Gasteiger partial charge in [0.15, 0.2) is 0 Å². The second kappa shape index (κ2) is 8.10. The molecule has 1 aromatic rings. The van der Waals surface area contributed by atoms with Crippen molar-refractivity contribution in [2.24, 2.45) is 17.3 Å². The van der Waals surface area contributed by atoms with Crippen LogP contribution in [0.15, 0.2) is 29.3 Å². The Hall–Kier alpha value is -2.11. The molecule has 0 bridgehead atoms. The lowest BCUT2D eigenvalue weighted by molar-refractivity contribution is -0.274. The highest BCUT2D eigenvalue weighted by atomic mass is 35.5. The Morgan fingerprint density at radius 3 is 2.23 bits per heavy atom. The van der Waals surface area contributed by atoms with E-state index in [1.165, 1.54) is 13.8 Å². The van der Waals surface area contributed by atoms with Gasteiger partial charge < -0.3 is 9.47 Å². The maximum atomic E-state index is 13.8. The van der Waals surface area contributed by atoms with Gasteiger partial charge in [-0.2, -0.15) is 22.0 Å². The first kappa shape index (κ1) is 25.2. The van der Waals surface area contributed by atoms with Crippen molar-refractivity contribution in [2.45, 2.75) is 38.9 Å². The second-order valence-corrected chi connectivity index (χ2v) is 7.73. The summed E-state index contributed by atoms with van der Waals surface area (Å²) in [5.74, 6) is -10.5. The third-order valence-corrected chi connectivity index (χ3v) is 5.13. The van der Waals surface area contributed by atoms with E-state index in [2.05, 4.69) is 4.74 Å². The SMILES string of the molecule is CC1(C)C(C=C(Cl)C(F)(F)C(F)(F)F)C1C(=O)OCc1cc(OC(F)(F)F)ccc1F. The van der Waals surface area contributed by atoms with Crippen LogP contribution in [-0.2, 0) is 16.1 Å². The van der Waals surface area contributed by atoms with Gasteiger partial charge in [0.25, 0.3) is 0 Å². The van der Waals surface area contributed by atoms with E-state index < -0.39 is 70.5 Å². The summed E-state index contributed by atoms with van der Waals surface area (Å²) in [6.07, 6.45) is -10.6. The molecule has 3 nitrogen and oxygen atoms in total. The summed E-state index contributed by atoms with van der Waals surface area (Å²) in [6.45, 7) is 1.94. The fourth-order valence-electron chi connectivity index (χ4n) is 2.93. The molecule has 1 aliphatic rings. The zero-order valence-corrected chi connectivity index (χ0v) is 16.4. The topological polar surface area (TPSA) is 35.5 Å². The predicted molar refractivity (Wildman–Crippen MR) is 88.6 cm³/mol. The third kappa shape index (κ3) is 5.58. The Morgan fingerprint density at radius 1 is 1.13 bits per heavy atom. The van der Waals surface area contributed by atoms with Crippen molar-refractivity contribution in [2.75, 3.05) is 0 Å². The molecule has 13 heteroatoms. The molecule has 1 aromatic carbocycles. The molecule has 1 fully saturated rings. The van der Waals surface area contributed by atoms with Gasteiger partial charge >= 0.3 is 24.4 Å². The van der Waals surface area contributed by atoms with E-state index in [1.54, 1.807) is 0 Å². The average molecular weight is 485 g/mol. The Labute approximate surface area is 174 Å². The molecule has 0 saturated heterocycles. The number of allylic oxidation sites excluding steroid dienone is 2. The molecule has 2 atom stereocenters. The van der Waals surface area contributed by atoms with Gasteiger partial charge in [0.2, 0.25) is 0 Å². The fraction of sp³-hybridized carbons (Fsp3) is 0.500. The lowest BCUT2D eigenvalue weighted by Gasteiger charge is -2.18. The van der Waals surface area contributed by atoms with Gasteiger partial charge in [0, 0.05) is 5.56 Å². The van der Waals surface area contributed by atoms with Crippen molar-refractivity contribution in [3.63, 3.8) is 0 Å². The molecular formula is C18H14ClF9O3. The number of hydrogen-bond acceptors (Lipinski definition) is 3. The molecule has 0 radical (unpaired) electrons. The minimum absolute atomic E-state index is 0.416. The number of rotatable bonds is 6. The molecular weight excluding hydrogens is 471 g/mol. The quantitative estimate of drug-likeness (QED) is 0.348. The minimum atomic E-state index is -5.93. The van der Waals surface area contributed by atoms with Crippen LogP contribution in [0.25, 0.3) is 0 Å². The molecule has 174 valence electrons. The fourth-order valence-corrected chi connectivity index (χ4v) is 3.18. The van der Waals surface area contributed by atoms with Crippen LogP contribution in [0, 0.1) is 23.1 Å². The van der Waals surface area contributed by atoms with E-state index >= 15 is 0 Å². The zero-order valence-electron chi connectivity index (χ0n) is 15.7. The first-order valence-corrected chi connectivity index (χ1v) is 8.79. The number of esters is 1. The molecule has 0 spiro atoms. The van der Waals surface area contributed by atoms with Gasteiger partial charge in [-0.3, -0.25) is 4.79 Å². The number of carbonyl (C=O) groups is 1. The molecule has 2 unspecified atom stereocenters. The molecule has 0 heterocycles. The molecule has 0 aromatic heterocycles. The van der Waals surface area contributed by atoms with Gasteiger partial charge in [-0.05, 0) is 29.5 Å². The lowest BCUT2D eigenvalue weighted by Crippen LogP contribution is -2.36. The summed E-state index contributed by atoms with van der Waals surface area (Å²) in [6, 6.07) is 1.99. The van der Waals surface area contributed by atoms with Crippen LogP contribution < -0.4 is 4.74 Å². The van der Waals surface area contributed by atoms with Crippen molar-refractivity contribution in [1.29, 1.82) is 0 Å². The van der Waals surface area contributed by atoms with E-state index in [9.17, 15) is 44.3 Å². The highest BCUT2D eigenvalue weighted by molar-refractivity contribution is 6.30. The van der Waals surface area contributed by atoms with Crippen molar-refractivity contribution < 1.29 is 53.8 Å². The van der Waals surface area contributed by atoms with Gasteiger partial charge in [-0.15, -0.1) is 13.2 Å². The Balaban J connectivity index is 2.10. The summed E-state index contributed by atoms with van der Waals surface area (Å²) in [7, 11) is 0. The van der Waals surface area contributed by atoms with Gasteiger partial charge in [0.05, 0.1) is 11.0 Å². The van der Waals surface area contributed by atoms with Crippen LogP contribution >= 0.6 is 11.6 Å². The third-order valence-electron chi connectivity index (χ3n) is 4.77. The Kier molecular flexibility index (Phi) is 6.57. The van der Waals surface area contributed by atoms with Crippen molar-refractivity contribution in [3.8, 4) is 5.75 Å². The number of hydrogen-bond donors (Lipinski definition) is 0. The average Bonchev–Trinajstić information content (AvgIpc) is 3.13. The molecule has 31 heavy (non-hydrogen) atoms. The number of carbonyl (C=O) groups excluding carboxylic acids is 1. The van der Waals surface area contributed by atoms with Gasteiger partial charge in [-0.25, -0.2) is 4.39 Å². The van der Waals surface area contributed by atoms with E-state index in [0.717, 1.165) is 0 Å². The molecule has 1 saturated carbocycles. The number of ether oxygens (including phenoxy) is 2. The normalized spacial score (nSPS) is 21.6. The summed E-state index contributed by atoms with van der Waals surface area (Å²) < 4.78 is 123. The number of benzene rings is 1. The summed E-state index contributed by atoms with van der Waals surface area (Å²) in [4.78, 5) is 12.2. The lowest BCUT2D eigenvalue weighted by atomic mass is 10.1. The highest BCUT2D eigenvalue weighted by Gasteiger charge is 2.64. The van der Waals surface area contributed by atoms with Crippen molar-refractivity contribution in [3.05, 3.63) is 40.7 Å². The van der Waals surface area contributed by atoms with Crippen LogP contribution in [0.4, 0.5) is 39.5 Å². The zero-order chi connectivity index (χ0) is 24.0. The summed E-state index contributed by atoms with van der Waals surface area (Å²) in [5, 5.41) is -1.81. The standard InChI is InChI=1S/C18H14ClF9O3/c1-15(2)10(6-12(19)16(21,22)17(23,24)25)13(15)14(29)30-7-8-5-9(3-4-11(8)20)31-18(26,27)28/h3-6,10,13H,7H2,1-2H3. The predicted octanol–water partition coefficient (Wildman–Crippen LogP) is 6.36. The molecule has 2 rings (SSSR count). The van der Waals surface area contributed by atoms with Crippen LogP contribution in [-0.4, -0.2) is 24.4 Å². The van der Waals surface area contributed by atoms with Gasteiger partial charge in [-0.1, -0.05) is 31.5 Å². The maximum absolute atomic E-state index is 13.8. The van der Waals surface area contributed by atoms with E-state index in [-0.39, 0.29) is 0 Å². The molecule has 0 amide bonds.